The first kappa shape index (κ1) is 15.4. The Morgan fingerprint density at radius 3 is 2.72 bits per heavy atom. The van der Waals surface area contributed by atoms with Crippen LogP contribution in [0.15, 0.2) is 67.0 Å². The molecule has 2 aromatic heterocycles. The number of pyridine rings is 1. The fourth-order valence-corrected chi connectivity index (χ4v) is 2.97. The van der Waals surface area contributed by atoms with E-state index in [0.717, 1.165) is 33.7 Å². The van der Waals surface area contributed by atoms with Gasteiger partial charge in [-0.25, -0.2) is 4.98 Å². The predicted octanol–water partition coefficient (Wildman–Crippen LogP) is 4.52. The Balaban J connectivity index is 1.72. The third kappa shape index (κ3) is 2.98. The molecule has 0 unspecified atom stereocenters. The smallest absolute Gasteiger partial charge is 0.149 e. The molecule has 2 aromatic carbocycles. The number of hydrogen-bond donors (Lipinski definition) is 0. The second-order valence-corrected chi connectivity index (χ2v) is 6.13. The molecule has 0 aliphatic rings. The van der Waals surface area contributed by atoms with E-state index in [2.05, 4.69) is 34.7 Å². The average molecular weight is 329 g/mol. The topological polar surface area (TPSA) is 39.9 Å². The van der Waals surface area contributed by atoms with Gasteiger partial charge >= 0.3 is 0 Å². The summed E-state index contributed by atoms with van der Waals surface area (Å²) in [6, 6.07) is 18.4. The fraction of sp³-hybridized carbons (Fsp3) is 0.143. The summed E-state index contributed by atoms with van der Waals surface area (Å²) in [5.41, 5.74) is 5.36. The third-order valence-corrected chi connectivity index (χ3v) is 4.30. The predicted molar refractivity (Wildman–Crippen MR) is 99.5 cm³/mol. The molecule has 25 heavy (non-hydrogen) atoms. The number of ether oxygens (including phenoxy) is 1. The molecule has 0 fully saturated rings. The lowest BCUT2D eigenvalue weighted by atomic mass is 10.2. The van der Waals surface area contributed by atoms with Gasteiger partial charge in [0.15, 0.2) is 0 Å². The zero-order valence-corrected chi connectivity index (χ0v) is 14.3. The molecule has 0 saturated carbocycles. The molecule has 0 aliphatic heterocycles. The third-order valence-electron chi connectivity index (χ3n) is 4.30. The van der Waals surface area contributed by atoms with Gasteiger partial charge in [-0.1, -0.05) is 36.4 Å². The lowest BCUT2D eigenvalue weighted by Gasteiger charge is -2.11. The zero-order valence-electron chi connectivity index (χ0n) is 14.3. The van der Waals surface area contributed by atoms with Crippen molar-refractivity contribution in [2.45, 2.75) is 13.5 Å². The van der Waals surface area contributed by atoms with E-state index in [4.69, 9.17) is 9.72 Å². The van der Waals surface area contributed by atoms with Crippen LogP contribution in [0.1, 0.15) is 11.1 Å². The van der Waals surface area contributed by atoms with Crippen molar-refractivity contribution in [1.82, 2.24) is 14.5 Å². The van der Waals surface area contributed by atoms with E-state index in [1.54, 1.807) is 12.4 Å². The van der Waals surface area contributed by atoms with E-state index in [9.17, 15) is 0 Å². The van der Waals surface area contributed by atoms with Gasteiger partial charge in [-0.15, -0.1) is 0 Å². The van der Waals surface area contributed by atoms with Gasteiger partial charge in [0, 0.05) is 13.2 Å². The summed E-state index contributed by atoms with van der Waals surface area (Å²) in [4.78, 5) is 9.03. The number of fused-ring (bicyclic) bond motifs is 1. The molecule has 4 heteroatoms. The summed E-state index contributed by atoms with van der Waals surface area (Å²) in [6.45, 7) is 2.58. The number of nitrogens with zero attached hydrogens (tertiary/aromatic N) is 3. The SMILES string of the molecule is Cc1ccc2c(c1)nc(-c1ccncc1OCc1ccccc1)n2C. The van der Waals surface area contributed by atoms with Crippen LogP contribution in [0, 0.1) is 6.92 Å². The highest BCUT2D eigenvalue weighted by atomic mass is 16.5. The molecule has 0 radical (unpaired) electrons. The minimum Gasteiger partial charge on any atom is -0.487 e. The van der Waals surface area contributed by atoms with Crippen LogP contribution >= 0.6 is 0 Å². The van der Waals surface area contributed by atoms with Crippen LogP contribution in [0.3, 0.4) is 0 Å². The van der Waals surface area contributed by atoms with E-state index < -0.39 is 0 Å². The second-order valence-electron chi connectivity index (χ2n) is 6.13. The molecule has 4 nitrogen and oxygen atoms in total. The van der Waals surface area contributed by atoms with Crippen molar-refractivity contribution < 1.29 is 4.74 Å². The Morgan fingerprint density at radius 1 is 1.04 bits per heavy atom. The van der Waals surface area contributed by atoms with Gasteiger partial charge in [-0.3, -0.25) is 4.98 Å². The Hall–Kier alpha value is -3.14. The van der Waals surface area contributed by atoms with Gasteiger partial charge in [-0.2, -0.15) is 0 Å². The first-order chi connectivity index (χ1) is 12.2. The molecule has 0 saturated heterocycles. The summed E-state index contributed by atoms with van der Waals surface area (Å²) in [5, 5.41) is 0. The van der Waals surface area contributed by atoms with E-state index >= 15 is 0 Å². The Labute approximate surface area is 146 Å². The van der Waals surface area contributed by atoms with Crippen LogP contribution in [0.25, 0.3) is 22.4 Å². The molecule has 0 bridgehead atoms. The zero-order chi connectivity index (χ0) is 17.2. The van der Waals surface area contributed by atoms with Crippen molar-refractivity contribution >= 4 is 11.0 Å². The van der Waals surface area contributed by atoms with Crippen molar-refractivity contribution in [2.24, 2.45) is 7.05 Å². The quantitative estimate of drug-likeness (QED) is 0.552. The molecule has 0 spiro atoms. The lowest BCUT2D eigenvalue weighted by molar-refractivity contribution is 0.306. The summed E-state index contributed by atoms with van der Waals surface area (Å²) in [6.07, 6.45) is 3.53. The van der Waals surface area contributed by atoms with E-state index in [-0.39, 0.29) is 0 Å². The number of imidazole rings is 1. The number of aromatic nitrogens is 3. The summed E-state index contributed by atoms with van der Waals surface area (Å²) in [7, 11) is 2.03. The fourth-order valence-electron chi connectivity index (χ4n) is 2.97. The van der Waals surface area contributed by atoms with E-state index in [1.807, 2.05) is 43.4 Å². The first-order valence-corrected chi connectivity index (χ1v) is 8.26. The van der Waals surface area contributed by atoms with Crippen molar-refractivity contribution in [2.75, 3.05) is 0 Å². The van der Waals surface area contributed by atoms with Crippen LogP contribution in [-0.2, 0) is 13.7 Å². The molecule has 2 heterocycles. The maximum absolute atomic E-state index is 6.04. The van der Waals surface area contributed by atoms with Gasteiger partial charge in [0.1, 0.15) is 18.2 Å². The average Bonchev–Trinajstić information content (AvgIpc) is 2.97. The monoisotopic (exact) mass is 329 g/mol. The van der Waals surface area contributed by atoms with E-state index in [0.29, 0.717) is 6.61 Å². The number of hydrogen-bond acceptors (Lipinski definition) is 3. The molecule has 0 amide bonds. The van der Waals surface area contributed by atoms with Crippen molar-refractivity contribution in [3.8, 4) is 17.1 Å². The Morgan fingerprint density at radius 2 is 1.88 bits per heavy atom. The summed E-state index contributed by atoms with van der Waals surface area (Å²) in [5.74, 6) is 1.62. The van der Waals surface area contributed by atoms with Gasteiger partial charge in [0.2, 0.25) is 0 Å². The summed E-state index contributed by atoms with van der Waals surface area (Å²) >= 11 is 0. The van der Waals surface area contributed by atoms with Crippen LogP contribution < -0.4 is 4.74 Å². The van der Waals surface area contributed by atoms with Crippen LogP contribution in [0.2, 0.25) is 0 Å². The second kappa shape index (κ2) is 6.40. The molecule has 4 aromatic rings. The molecular weight excluding hydrogens is 310 g/mol. The maximum Gasteiger partial charge on any atom is 0.149 e. The molecule has 0 N–H and O–H groups in total. The van der Waals surface area contributed by atoms with Crippen LogP contribution in [-0.4, -0.2) is 14.5 Å². The highest BCUT2D eigenvalue weighted by molar-refractivity contribution is 5.82. The molecule has 0 atom stereocenters. The molecule has 124 valence electrons. The molecule has 4 rings (SSSR count). The lowest BCUT2D eigenvalue weighted by Crippen LogP contribution is -2.00. The van der Waals surface area contributed by atoms with Gasteiger partial charge in [0.05, 0.1) is 22.8 Å². The number of aryl methyl sites for hydroxylation is 2. The Kier molecular flexibility index (Phi) is 3.94. The highest BCUT2D eigenvalue weighted by Gasteiger charge is 2.14. The normalized spacial score (nSPS) is 11.0. The van der Waals surface area contributed by atoms with Crippen molar-refractivity contribution in [1.29, 1.82) is 0 Å². The van der Waals surface area contributed by atoms with Gasteiger partial charge < -0.3 is 9.30 Å². The summed E-state index contributed by atoms with van der Waals surface area (Å²) < 4.78 is 8.13. The number of benzene rings is 2. The number of rotatable bonds is 4. The Bertz CT molecular complexity index is 1020. The van der Waals surface area contributed by atoms with E-state index in [1.165, 1.54) is 5.56 Å². The molecular formula is C21H19N3O. The van der Waals surface area contributed by atoms with Gasteiger partial charge in [0.25, 0.3) is 0 Å². The minimum atomic E-state index is 0.503. The van der Waals surface area contributed by atoms with Crippen LogP contribution in [0.4, 0.5) is 0 Å². The standard InChI is InChI=1S/C21H19N3O/c1-15-8-9-19-18(12-15)23-21(24(19)2)17-10-11-22-13-20(17)25-14-16-6-4-3-5-7-16/h3-13H,14H2,1-2H3. The van der Waals surface area contributed by atoms with Crippen molar-refractivity contribution in [3.05, 3.63) is 78.1 Å². The van der Waals surface area contributed by atoms with Crippen LogP contribution in [0.5, 0.6) is 5.75 Å². The highest BCUT2D eigenvalue weighted by Crippen LogP contribution is 2.31. The first-order valence-electron chi connectivity index (χ1n) is 8.26. The van der Waals surface area contributed by atoms with Crippen molar-refractivity contribution in [3.63, 3.8) is 0 Å². The molecule has 0 aliphatic carbocycles. The minimum absolute atomic E-state index is 0.503. The van der Waals surface area contributed by atoms with Gasteiger partial charge in [-0.05, 0) is 36.2 Å². The largest absolute Gasteiger partial charge is 0.487 e. The maximum atomic E-state index is 6.04.